The summed E-state index contributed by atoms with van der Waals surface area (Å²) in [4.78, 5) is 22.9. The molecule has 1 amide bonds. The number of guanidine groups is 1. The SMILES string of the molecule is CCNC(=NCc1ncnn1C)NCCN(C(=O)OC(C)(C)C)C1CC1. The first kappa shape index (κ1) is 20.0. The zero-order valence-corrected chi connectivity index (χ0v) is 16.4. The van der Waals surface area contributed by atoms with Gasteiger partial charge in [0.15, 0.2) is 5.96 Å². The summed E-state index contributed by atoms with van der Waals surface area (Å²) in [5.41, 5.74) is -0.482. The molecule has 9 heteroatoms. The Labute approximate surface area is 155 Å². The van der Waals surface area contributed by atoms with E-state index in [0.29, 0.717) is 31.6 Å². The average molecular weight is 365 g/mol. The van der Waals surface area contributed by atoms with Gasteiger partial charge in [-0.15, -0.1) is 0 Å². The summed E-state index contributed by atoms with van der Waals surface area (Å²) < 4.78 is 7.21. The zero-order valence-electron chi connectivity index (χ0n) is 16.4. The van der Waals surface area contributed by atoms with Crippen LogP contribution in [-0.2, 0) is 18.3 Å². The molecule has 9 nitrogen and oxygen atoms in total. The van der Waals surface area contributed by atoms with Crippen molar-refractivity contribution in [3.63, 3.8) is 0 Å². The standard InChI is InChI=1S/C17H31N7O2/c1-6-18-15(20-11-14-21-12-22-23(14)5)19-9-10-24(13-7-8-13)16(25)26-17(2,3)4/h12-13H,6-11H2,1-5H3,(H2,18,19,20). The molecule has 0 saturated heterocycles. The summed E-state index contributed by atoms with van der Waals surface area (Å²) in [6.07, 6.45) is 3.35. The van der Waals surface area contributed by atoms with Gasteiger partial charge in [-0.05, 0) is 40.5 Å². The van der Waals surface area contributed by atoms with Crippen molar-refractivity contribution >= 4 is 12.1 Å². The van der Waals surface area contributed by atoms with E-state index < -0.39 is 5.60 Å². The van der Waals surface area contributed by atoms with Crippen LogP contribution in [0.3, 0.4) is 0 Å². The number of hydrogen-bond donors (Lipinski definition) is 2. The van der Waals surface area contributed by atoms with Crippen LogP contribution < -0.4 is 10.6 Å². The fourth-order valence-electron chi connectivity index (χ4n) is 2.38. The van der Waals surface area contributed by atoms with Gasteiger partial charge in [0.2, 0.25) is 0 Å². The fourth-order valence-corrected chi connectivity index (χ4v) is 2.38. The van der Waals surface area contributed by atoms with Gasteiger partial charge >= 0.3 is 6.09 Å². The first-order valence-electron chi connectivity index (χ1n) is 9.15. The molecule has 1 aliphatic rings. The van der Waals surface area contributed by atoms with Crippen LogP contribution in [0, 0.1) is 0 Å². The van der Waals surface area contributed by atoms with Gasteiger partial charge in [0.05, 0.1) is 0 Å². The minimum Gasteiger partial charge on any atom is -0.444 e. The number of ether oxygens (including phenoxy) is 1. The number of carbonyl (C=O) groups is 1. The molecule has 0 atom stereocenters. The third-order valence-electron chi connectivity index (χ3n) is 3.79. The number of nitrogens with one attached hydrogen (secondary N) is 2. The van der Waals surface area contributed by atoms with Crippen LogP contribution in [0.1, 0.15) is 46.4 Å². The second kappa shape index (κ2) is 8.86. The summed E-state index contributed by atoms with van der Waals surface area (Å²) in [5, 5.41) is 10.5. The summed E-state index contributed by atoms with van der Waals surface area (Å²) in [7, 11) is 1.84. The number of carbonyl (C=O) groups excluding carboxylic acids is 1. The molecule has 0 radical (unpaired) electrons. The predicted molar refractivity (Wildman–Crippen MR) is 99.8 cm³/mol. The quantitative estimate of drug-likeness (QED) is 0.558. The topological polar surface area (TPSA) is 96.7 Å². The highest BCUT2D eigenvalue weighted by atomic mass is 16.6. The van der Waals surface area contributed by atoms with Crippen molar-refractivity contribution in [2.24, 2.45) is 12.0 Å². The van der Waals surface area contributed by atoms with Crippen LogP contribution in [0.5, 0.6) is 0 Å². The third kappa shape index (κ3) is 6.53. The zero-order chi connectivity index (χ0) is 19.2. The smallest absolute Gasteiger partial charge is 0.410 e. The van der Waals surface area contributed by atoms with Crippen molar-refractivity contribution in [1.29, 1.82) is 0 Å². The van der Waals surface area contributed by atoms with Crippen molar-refractivity contribution in [1.82, 2.24) is 30.3 Å². The van der Waals surface area contributed by atoms with Crippen molar-refractivity contribution in [2.45, 2.75) is 58.7 Å². The lowest BCUT2D eigenvalue weighted by Crippen LogP contribution is -2.45. The number of aromatic nitrogens is 3. The van der Waals surface area contributed by atoms with Gasteiger partial charge in [-0.3, -0.25) is 4.68 Å². The first-order valence-corrected chi connectivity index (χ1v) is 9.15. The normalized spacial score (nSPS) is 14.9. The van der Waals surface area contributed by atoms with Crippen molar-refractivity contribution in [3.05, 3.63) is 12.2 Å². The minimum absolute atomic E-state index is 0.247. The molecule has 146 valence electrons. The molecule has 26 heavy (non-hydrogen) atoms. The summed E-state index contributed by atoms with van der Waals surface area (Å²) >= 11 is 0. The minimum atomic E-state index is -0.482. The number of nitrogens with zero attached hydrogens (tertiary/aromatic N) is 5. The van der Waals surface area contributed by atoms with Crippen LogP contribution in [-0.4, -0.2) is 63.0 Å². The highest BCUT2D eigenvalue weighted by molar-refractivity contribution is 5.79. The molecule has 1 heterocycles. The van der Waals surface area contributed by atoms with E-state index >= 15 is 0 Å². The lowest BCUT2D eigenvalue weighted by molar-refractivity contribution is 0.0238. The van der Waals surface area contributed by atoms with E-state index in [4.69, 9.17) is 4.74 Å². The molecular formula is C17H31N7O2. The number of amides is 1. The summed E-state index contributed by atoms with van der Waals surface area (Å²) in [5.74, 6) is 1.48. The van der Waals surface area contributed by atoms with E-state index in [1.54, 1.807) is 4.68 Å². The largest absolute Gasteiger partial charge is 0.444 e. The Bertz CT molecular complexity index is 617. The first-order chi connectivity index (χ1) is 12.3. The maximum absolute atomic E-state index is 12.4. The van der Waals surface area contributed by atoms with Crippen LogP contribution in [0.4, 0.5) is 4.79 Å². The Balaban J connectivity index is 1.86. The monoisotopic (exact) mass is 365 g/mol. The molecule has 1 saturated carbocycles. The second-order valence-corrected chi connectivity index (χ2v) is 7.33. The van der Waals surface area contributed by atoms with Gasteiger partial charge < -0.3 is 20.3 Å². The number of aryl methyl sites for hydroxylation is 1. The Hall–Kier alpha value is -2.32. The van der Waals surface area contributed by atoms with E-state index in [1.165, 1.54) is 6.33 Å². The Morgan fingerprint density at radius 3 is 2.69 bits per heavy atom. The third-order valence-corrected chi connectivity index (χ3v) is 3.79. The molecule has 1 aliphatic carbocycles. The lowest BCUT2D eigenvalue weighted by Gasteiger charge is -2.27. The molecular weight excluding hydrogens is 334 g/mol. The lowest BCUT2D eigenvalue weighted by atomic mass is 10.2. The van der Waals surface area contributed by atoms with Crippen LogP contribution in [0.15, 0.2) is 11.3 Å². The number of rotatable bonds is 7. The number of hydrogen-bond acceptors (Lipinski definition) is 5. The number of aliphatic imine (C=N–C) groups is 1. The van der Waals surface area contributed by atoms with Crippen molar-refractivity contribution in [2.75, 3.05) is 19.6 Å². The molecule has 1 aromatic rings. The van der Waals surface area contributed by atoms with Crippen molar-refractivity contribution < 1.29 is 9.53 Å². The van der Waals surface area contributed by atoms with Crippen LogP contribution in [0.2, 0.25) is 0 Å². The van der Waals surface area contributed by atoms with E-state index in [1.807, 2.05) is 39.6 Å². The van der Waals surface area contributed by atoms with E-state index in [0.717, 1.165) is 25.2 Å². The Kier molecular flexibility index (Phi) is 6.82. The molecule has 1 aromatic heterocycles. The Morgan fingerprint density at radius 1 is 1.42 bits per heavy atom. The van der Waals surface area contributed by atoms with Gasteiger partial charge in [-0.1, -0.05) is 0 Å². The molecule has 0 aromatic carbocycles. The molecule has 0 aliphatic heterocycles. The van der Waals surface area contributed by atoms with Crippen LogP contribution in [0.25, 0.3) is 0 Å². The second-order valence-electron chi connectivity index (χ2n) is 7.33. The summed E-state index contributed by atoms with van der Waals surface area (Å²) in [6, 6.07) is 0.296. The average Bonchev–Trinajstić information content (AvgIpc) is 3.29. The highest BCUT2D eigenvalue weighted by Gasteiger charge is 2.34. The van der Waals surface area contributed by atoms with Gasteiger partial charge in [0, 0.05) is 32.7 Å². The van der Waals surface area contributed by atoms with Gasteiger partial charge in [-0.25, -0.2) is 14.8 Å². The van der Waals surface area contributed by atoms with Gasteiger partial charge in [-0.2, -0.15) is 5.10 Å². The molecule has 0 spiro atoms. The van der Waals surface area contributed by atoms with Crippen molar-refractivity contribution in [3.8, 4) is 0 Å². The van der Waals surface area contributed by atoms with Gasteiger partial charge in [0.1, 0.15) is 24.3 Å². The maximum Gasteiger partial charge on any atom is 0.410 e. The van der Waals surface area contributed by atoms with Crippen LogP contribution >= 0.6 is 0 Å². The van der Waals surface area contributed by atoms with Gasteiger partial charge in [0.25, 0.3) is 0 Å². The predicted octanol–water partition coefficient (Wildman–Crippen LogP) is 1.27. The van der Waals surface area contributed by atoms with E-state index in [9.17, 15) is 4.79 Å². The maximum atomic E-state index is 12.4. The molecule has 1 fully saturated rings. The molecule has 2 rings (SSSR count). The molecule has 0 bridgehead atoms. The summed E-state index contributed by atoms with van der Waals surface area (Å²) in [6.45, 7) is 10.0. The fraction of sp³-hybridized carbons (Fsp3) is 0.765. The molecule has 2 N–H and O–H groups in total. The van der Waals surface area contributed by atoms with E-state index in [-0.39, 0.29) is 6.09 Å². The molecule has 0 unspecified atom stereocenters. The van der Waals surface area contributed by atoms with E-state index in [2.05, 4.69) is 25.7 Å². The highest BCUT2D eigenvalue weighted by Crippen LogP contribution is 2.27. The Morgan fingerprint density at radius 2 is 2.15 bits per heavy atom.